The van der Waals surface area contributed by atoms with Crippen molar-refractivity contribution in [3.05, 3.63) is 0 Å². The first-order chi connectivity index (χ1) is 9.55. The number of nitriles is 1. The van der Waals surface area contributed by atoms with Crippen LogP contribution in [0, 0.1) is 17.2 Å². The van der Waals surface area contributed by atoms with E-state index < -0.39 is 15.3 Å². The third kappa shape index (κ3) is 3.50. The molecule has 2 fully saturated rings. The molecule has 2 rings (SSSR count). The molecule has 1 saturated carbocycles. The van der Waals surface area contributed by atoms with E-state index in [4.69, 9.17) is 10.00 Å². The van der Waals surface area contributed by atoms with Gasteiger partial charge in [0.15, 0.2) is 0 Å². The summed E-state index contributed by atoms with van der Waals surface area (Å²) >= 11 is 0. The van der Waals surface area contributed by atoms with Gasteiger partial charge in [-0.1, -0.05) is 6.42 Å². The van der Waals surface area contributed by atoms with E-state index in [0.29, 0.717) is 19.4 Å². The van der Waals surface area contributed by atoms with Crippen molar-refractivity contribution in [1.29, 1.82) is 5.26 Å². The SMILES string of the molecule is CN(CCN1CCOCC1)S(=O)(=O)C1CCCC1C#N. The fraction of sp³-hybridized carbons (Fsp3) is 0.923. The van der Waals surface area contributed by atoms with Crippen LogP contribution < -0.4 is 0 Å². The number of rotatable bonds is 5. The van der Waals surface area contributed by atoms with Crippen LogP contribution >= 0.6 is 0 Å². The molecule has 20 heavy (non-hydrogen) atoms. The van der Waals surface area contributed by atoms with Gasteiger partial charge in [-0.05, 0) is 12.8 Å². The molecule has 0 aromatic heterocycles. The zero-order chi connectivity index (χ0) is 14.6. The molecule has 0 aromatic rings. The molecule has 2 unspecified atom stereocenters. The van der Waals surface area contributed by atoms with Crippen molar-refractivity contribution in [3.63, 3.8) is 0 Å². The van der Waals surface area contributed by atoms with Crippen LogP contribution in [0.3, 0.4) is 0 Å². The van der Waals surface area contributed by atoms with Gasteiger partial charge in [-0.3, -0.25) is 4.90 Å². The molecular formula is C13H23N3O3S. The minimum atomic E-state index is -3.35. The Morgan fingerprint density at radius 2 is 2.05 bits per heavy atom. The number of hydrogen-bond donors (Lipinski definition) is 0. The summed E-state index contributed by atoms with van der Waals surface area (Å²) < 4.78 is 31.7. The number of hydrogen-bond acceptors (Lipinski definition) is 5. The lowest BCUT2D eigenvalue weighted by Gasteiger charge is -2.29. The van der Waals surface area contributed by atoms with Crippen LogP contribution in [0.1, 0.15) is 19.3 Å². The van der Waals surface area contributed by atoms with Crippen LogP contribution in [0.4, 0.5) is 0 Å². The van der Waals surface area contributed by atoms with Gasteiger partial charge in [-0.2, -0.15) is 5.26 Å². The third-order valence-electron chi connectivity index (χ3n) is 4.27. The molecule has 2 atom stereocenters. The standard InChI is InChI=1S/C13H23N3O3S/c1-15(5-6-16-7-9-19-10-8-16)20(17,18)13-4-2-3-12(13)11-14/h12-13H,2-10H2,1H3. The van der Waals surface area contributed by atoms with E-state index in [1.807, 2.05) is 0 Å². The fourth-order valence-corrected chi connectivity index (χ4v) is 4.77. The van der Waals surface area contributed by atoms with Gasteiger partial charge < -0.3 is 4.74 Å². The molecular weight excluding hydrogens is 278 g/mol. The van der Waals surface area contributed by atoms with Gasteiger partial charge in [-0.15, -0.1) is 0 Å². The largest absolute Gasteiger partial charge is 0.379 e. The summed E-state index contributed by atoms with van der Waals surface area (Å²) in [5.74, 6) is -0.342. The summed E-state index contributed by atoms with van der Waals surface area (Å²) in [6.07, 6.45) is 2.15. The maximum absolute atomic E-state index is 12.5. The van der Waals surface area contributed by atoms with Crippen molar-refractivity contribution >= 4 is 10.0 Å². The number of nitrogens with zero attached hydrogens (tertiary/aromatic N) is 3. The predicted molar refractivity (Wildman–Crippen MR) is 75.6 cm³/mol. The molecule has 7 heteroatoms. The topological polar surface area (TPSA) is 73.6 Å². The third-order valence-corrected chi connectivity index (χ3v) is 6.65. The lowest BCUT2D eigenvalue weighted by Crippen LogP contribution is -2.44. The molecule has 0 N–H and O–H groups in total. The number of likely N-dealkylation sites (N-methyl/N-ethyl adjacent to an activating group) is 1. The summed E-state index contributed by atoms with van der Waals surface area (Å²) in [5.41, 5.74) is 0. The zero-order valence-electron chi connectivity index (χ0n) is 12.0. The maximum Gasteiger partial charge on any atom is 0.218 e. The first-order valence-electron chi connectivity index (χ1n) is 7.20. The van der Waals surface area contributed by atoms with E-state index in [0.717, 1.165) is 39.3 Å². The van der Waals surface area contributed by atoms with Crippen LogP contribution in [0.15, 0.2) is 0 Å². The van der Waals surface area contributed by atoms with E-state index in [2.05, 4.69) is 11.0 Å². The summed E-state index contributed by atoms with van der Waals surface area (Å²) in [5, 5.41) is 8.55. The molecule has 2 aliphatic rings. The van der Waals surface area contributed by atoms with Crippen LogP contribution in [0.5, 0.6) is 0 Å². The molecule has 1 heterocycles. The quantitative estimate of drug-likeness (QED) is 0.729. The van der Waals surface area contributed by atoms with Gasteiger partial charge in [0, 0.05) is 33.2 Å². The molecule has 0 aromatic carbocycles. The summed E-state index contributed by atoms with van der Waals surface area (Å²) in [4.78, 5) is 2.21. The Morgan fingerprint density at radius 1 is 1.35 bits per heavy atom. The normalized spacial score (nSPS) is 28.6. The Kier molecular flexibility index (Phi) is 5.38. The second-order valence-corrected chi connectivity index (χ2v) is 7.78. The Balaban J connectivity index is 1.90. The Morgan fingerprint density at radius 3 is 2.70 bits per heavy atom. The molecule has 6 nitrogen and oxygen atoms in total. The summed E-state index contributed by atoms with van der Waals surface area (Å²) in [7, 11) is -1.72. The van der Waals surface area contributed by atoms with Gasteiger partial charge >= 0.3 is 0 Å². The molecule has 1 saturated heterocycles. The van der Waals surface area contributed by atoms with Crippen LogP contribution in [-0.4, -0.2) is 69.3 Å². The maximum atomic E-state index is 12.5. The van der Waals surface area contributed by atoms with Gasteiger partial charge in [0.05, 0.1) is 30.5 Å². The highest BCUT2D eigenvalue weighted by Crippen LogP contribution is 2.31. The number of sulfonamides is 1. The Labute approximate surface area is 121 Å². The first kappa shape index (κ1) is 15.7. The van der Waals surface area contributed by atoms with E-state index >= 15 is 0 Å². The van der Waals surface area contributed by atoms with E-state index in [-0.39, 0.29) is 5.92 Å². The zero-order valence-corrected chi connectivity index (χ0v) is 12.8. The van der Waals surface area contributed by atoms with Crippen molar-refractivity contribution in [2.24, 2.45) is 5.92 Å². The minimum Gasteiger partial charge on any atom is -0.379 e. The van der Waals surface area contributed by atoms with E-state index in [9.17, 15) is 8.42 Å². The molecule has 1 aliphatic carbocycles. The molecule has 0 spiro atoms. The fourth-order valence-electron chi connectivity index (χ4n) is 2.90. The van der Waals surface area contributed by atoms with Gasteiger partial charge in [0.25, 0.3) is 0 Å². The second-order valence-electron chi connectivity index (χ2n) is 5.53. The van der Waals surface area contributed by atoms with Crippen LogP contribution in [0.2, 0.25) is 0 Å². The molecule has 0 radical (unpaired) electrons. The van der Waals surface area contributed by atoms with Crippen molar-refractivity contribution in [2.75, 3.05) is 46.4 Å². The lowest BCUT2D eigenvalue weighted by molar-refractivity contribution is 0.0368. The van der Waals surface area contributed by atoms with Crippen LogP contribution in [0.25, 0.3) is 0 Å². The summed E-state index contributed by atoms with van der Waals surface area (Å²) in [6.45, 7) is 4.36. The minimum absolute atomic E-state index is 0.342. The van der Waals surface area contributed by atoms with Crippen LogP contribution in [-0.2, 0) is 14.8 Å². The van der Waals surface area contributed by atoms with Crippen molar-refractivity contribution < 1.29 is 13.2 Å². The number of morpholine rings is 1. The van der Waals surface area contributed by atoms with Gasteiger partial charge in [0.2, 0.25) is 10.0 Å². The average Bonchev–Trinajstić information content (AvgIpc) is 2.95. The molecule has 0 amide bonds. The van der Waals surface area contributed by atoms with Crippen molar-refractivity contribution in [2.45, 2.75) is 24.5 Å². The first-order valence-corrected chi connectivity index (χ1v) is 8.71. The van der Waals surface area contributed by atoms with E-state index in [1.165, 1.54) is 4.31 Å². The van der Waals surface area contributed by atoms with E-state index in [1.54, 1.807) is 7.05 Å². The van der Waals surface area contributed by atoms with Gasteiger partial charge in [0.1, 0.15) is 0 Å². The Hall–Kier alpha value is -0.680. The van der Waals surface area contributed by atoms with Crippen molar-refractivity contribution in [1.82, 2.24) is 9.21 Å². The van der Waals surface area contributed by atoms with Gasteiger partial charge in [-0.25, -0.2) is 12.7 Å². The van der Waals surface area contributed by atoms with Crippen molar-refractivity contribution in [3.8, 4) is 6.07 Å². The summed E-state index contributed by atoms with van der Waals surface area (Å²) in [6, 6.07) is 2.15. The highest BCUT2D eigenvalue weighted by Gasteiger charge is 2.39. The smallest absolute Gasteiger partial charge is 0.218 e. The lowest BCUT2D eigenvalue weighted by atomic mass is 10.1. The molecule has 1 aliphatic heterocycles. The molecule has 114 valence electrons. The average molecular weight is 301 g/mol. The second kappa shape index (κ2) is 6.85. The predicted octanol–water partition coefficient (Wildman–Crippen LogP) is 0.272. The highest BCUT2D eigenvalue weighted by atomic mass is 32.2. The molecule has 0 bridgehead atoms. The number of ether oxygens (including phenoxy) is 1. The highest BCUT2D eigenvalue weighted by molar-refractivity contribution is 7.89. The monoisotopic (exact) mass is 301 g/mol. The Bertz CT molecular complexity index is 454.